The Hall–Kier alpha value is -3.26. The monoisotopic (exact) mass is 457 g/mol. The van der Waals surface area contributed by atoms with Gasteiger partial charge in [0.2, 0.25) is 5.88 Å². The van der Waals surface area contributed by atoms with Gasteiger partial charge in [0, 0.05) is 36.3 Å². The highest BCUT2D eigenvalue weighted by Crippen LogP contribution is 2.33. The maximum atomic E-state index is 13.4. The lowest BCUT2D eigenvalue weighted by atomic mass is 9.98. The molecule has 1 aromatic carbocycles. The number of hydrogen-bond acceptors (Lipinski definition) is 5. The Morgan fingerprint density at radius 1 is 1.25 bits per heavy atom. The average Bonchev–Trinajstić information content (AvgIpc) is 2.78. The largest absolute Gasteiger partial charge is 0.481 e. The van der Waals surface area contributed by atoms with Crippen LogP contribution in [0, 0.1) is 11.7 Å². The van der Waals surface area contributed by atoms with E-state index in [1.165, 1.54) is 17.0 Å². The molecule has 0 bridgehead atoms. The molecule has 3 aromatic rings. The van der Waals surface area contributed by atoms with Gasteiger partial charge < -0.3 is 14.7 Å². The second kappa shape index (κ2) is 9.08. The summed E-state index contributed by atoms with van der Waals surface area (Å²) >= 11 is 6.22. The number of pyridine rings is 2. The molecule has 32 heavy (non-hydrogen) atoms. The summed E-state index contributed by atoms with van der Waals surface area (Å²) in [5.41, 5.74) is 1.79. The summed E-state index contributed by atoms with van der Waals surface area (Å²) in [6.45, 7) is 2.29. The van der Waals surface area contributed by atoms with Crippen LogP contribution in [0.25, 0.3) is 22.2 Å². The number of amides is 1. The maximum absolute atomic E-state index is 13.4. The van der Waals surface area contributed by atoms with Crippen LogP contribution in [0.3, 0.4) is 0 Å². The Balaban J connectivity index is 1.54. The molecule has 2 aromatic heterocycles. The van der Waals surface area contributed by atoms with Gasteiger partial charge in [-0.2, -0.15) is 4.98 Å². The van der Waals surface area contributed by atoms with Crippen LogP contribution >= 0.6 is 11.6 Å². The number of carbonyl (C=O) groups is 2. The highest BCUT2D eigenvalue weighted by Gasteiger charge is 2.31. The SMILES string of the molecule is CC(Oc1ccc2c(-c3ccc(F)cc3Cl)ccnc2n1)C(=O)N1CCC[C@H](C(=O)O)C1. The summed E-state index contributed by atoms with van der Waals surface area (Å²) in [5, 5.41) is 10.2. The third-order valence-electron chi connectivity index (χ3n) is 5.53. The van der Waals surface area contributed by atoms with E-state index in [4.69, 9.17) is 16.3 Å². The molecule has 0 saturated carbocycles. The summed E-state index contributed by atoms with van der Waals surface area (Å²) in [6, 6.07) is 9.34. The molecule has 0 aliphatic carbocycles. The van der Waals surface area contributed by atoms with Crippen molar-refractivity contribution in [3.63, 3.8) is 0 Å². The first-order valence-electron chi connectivity index (χ1n) is 10.2. The van der Waals surface area contributed by atoms with Gasteiger partial charge in [-0.25, -0.2) is 9.37 Å². The van der Waals surface area contributed by atoms with Crippen molar-refractivity contribution in [2.45, 2.75) is 25.9 Å². The molecular weight excluding hydrogens is 437 g/mol. The van der Waals surface area contributed by atoms with E-state index in [1.54, 1.807) is 37.4 Å². The number of carboxylic acid groups (broad SMARTS) is 1. The van der Waals surface area contributed by atoms with E-state index in [0.29, 0.717) is 36.0 Å². The second-order valence-electron chi connectivity index (χ2n) is 7.73. The normalized spacial score (nSPS) is 17.2. The van der Waals surface area contributed by atoms with Gasteiger partial charge in [0.25, 0.3) is 5.91 Å². The molecule has 1 saturated heterocycles. The number of piperidine rings is 1. The first-order valence-corrected chi connectivity index (χ1v) is 10.6. The van der Waals surface area contributed by atoms with Crippen molar-refractivity contribution in [1.29, 1.82) is 0 Å². The van der Waals surface area contributed by atoms with Crippen LogP contribution in [0.5, 0.6) is 5.88 Å². The van der Waals surface area contributed by atoms with Crippen molar-refractivity contribution in [3.05, 3.63) is 53.4 Å². The molecule has 9 heteroatoms. The summed E-state index contributed by atoms with van der Waals surface area (Å²) < 4.78 is 19.2. The van der Waals surface area contributed by atoms with Gasteiger partial charge in [-0.05, 0) is 55.7 Å². The number of carboxylic acids is 1. The lowest BCUT2D eigenvalue weighted by Crippen LogP contribution is -2.47. The Labute approximate surface area is 188 Å². The van der Waals surface area contributed by atoms with Gasteiger partial charge in [0.1, 0.15) is 5.82 Å². The number of benzene rings is 1. The molecule has 1 amide bonds. The van der Waals surface area contributed by atoms with Crippen LogP contribution in [0.15, 0.2) is 42.6 Å². The van der Waals surface area contributed by atoms with Crippen LogP contribution < -0.4 is 4.74 Å². The number of nitrogens with zero attached hydrogens (tertiary/aromatic N) is 3. The van der Waals surface area contributed by atoms with E-state index in [1.807, 2.05) is 0 Å². The number of carbonyl (C=O) groups excluding carboxylic acids is 1. The first kappa shape index (κ1) is 22.0. The highest BCUT2D eigenvalue weighted by molar-refractivity contribution is 6.33. The Morgan fingerprint density at radius 2 is 2.06 bits per heavy atom. The molecule has 166 valence electrons. The summed E-state index contributed by atoms with van der Waals surface area (Å²) in [6.07, 6.45) is 1.94. The van der Waals surface area contributed by atoms with Gasteiger partial charge in [0.05, 0.1) is 10.9 Å². The zero-order chi connectivity index (χ0) is 22.8. The van der Waals surface area contributed by atoms with Crippen molar-refractivity contribution < 1.29 is 23.8 Å². The molecule has 4 rings (SSSR count). The van der Waals surface area contributed by atoms with Crippen LogP contribution in [0.1, 0.15) is 19.8 Å². The average molecular weight is 458 g/mol. The molecule has 0 radical (unpaired) electrons. The molecule has 2 atom stereocenters. The molecule has 7 nitrogen and oxygen atoms in total. The number of rotatable bonds is 5. The quantitative estimate of drug-likeness (QED) is 0.617. The predicted octanol–water partition coefficient (Wildman–Crippen LogP) is 4.18. The lowest BCUT2D eigenvalue weighted by Gasteiger charge is -2.32. The van der Waals surface area contributed by atoms with Crippen LogP contribution in [-0.2, 0) is 9.59 Å². The number of halogens is 2. The van der Waals surface area contributed by atoms with E-state index in [9.17, 15) is 19.1 Å². The van der Waals surface area contributed by atoms with E-state index in [2.05, 4.69) is 9.97 Å². The van der Waals surface area contributed by atoms with Gasteiger partial charge in [-0.15, -0.1) is 0 Å². The van der Waals surface area contributed by atoms with Crippen LogP contribution in [0.2, 0.25) is 5.02 Å². The smallest absolute Gasteiger partial charge is 0.308 e. The summed E-state index contributed by atoms with van der Waals surface area (Å²) in [5.74, 6) is -1.93. The fourth-order valence-corrected chi connectivity index (χ4v) is 4.16. The van der Waals surface area contributed by atoms with Crippen molar-refractivity contribution in [1.82, 2.24) is 14.9 Å². The highest BCUT2D eigenvalue weighted by atomic mass is 35.5. The van der Waals surface area contributed by atoms with Crippen molar-refractivity contribution in [3.8, 4) is 17.0 Å². The number of aromatic nitrogens is 2. The third kappa shape index (κ3) is 4.50. The Morgan fingerprint density at radius 3 is 2.81 bits per heavy atom. The molecule has 1 aliphatic rings. The Bertz CT molecular complexity index is 1190. The van der Waals surface area contributed by atoms with Gasteiger partial charge in [-0.1, -0.05) is 11.6 Å². The predicted molar refractivity (Wildman–Crippen MR) is 117 cm³/mol. The van der Waals surface area contributed by atoms with E-state index in [-0.39, 0.29) is 23.4 Å². The molecular formula is C23H21ClFN3O4. The van der Waals surface area contributed by atoms with Crippen molar-refractivity contribution in [2.75, 3.05) is 13.1 Å². The lowest BCUT2D eigenvalue weighted by molar-refractivity contribution is -0.147. The number of aliphatic carboxylic acids is 1. The fraction of sp³-hybridized carbons (Fsp3) is 0.304. The molecule has 0 spiro atoms. The molecule has 1 fully saturated rings. The second-order valence-corrected chi connectivity index (χ2v) is 8.13. The van der Waals surface area contributed by atoms with Crippen LogP contribution in [-0.4, -0.2) is 51.0 Å². The zero-order valence-electron chi connectivity index (χ0n) is 17.3. The molecule has 1 aliphatic heterocycles. The minimum Gasteiger partial charge on any atom is -0.481 e. The molecule has 3 heterocycles. The topological polar surface area (TPSA) is 92.6 Å². The van der Waals surface area contributed by atoms with Crippen molar-refractivity contribution in [2.24, 2.45) is 5.92 Å². The maximum Gasteiger partial charge on any atom is 0.308 e. The summed E-state index contributed by atoms with van der Waals surface area (Å²) in [4.78, 5) is 34.2. The number of likely N-dealkylation sites (tertiary alicyclic amines) is 1. The Kier molecular flexibility index (Phi) is 6.23. The molecule has 1 N–H and O–H groups in total. The fourth-order valence-electron chi connectivity index (χ4n) is 3.89. The van der Waals surface area contributed by atoms with Gasteiger partial charge in [-0.3, -0.25) is 9.59 Å². The minimum atomic E-state index is -0.893. The number of ether oxygens (including phenoxy) is 1. The zero-order valence-corrected chi connectivity index (χ0v) is 18.1. The minimum absolute atomic E-state index is 0.177. The summed E-state index contributed by atoms with van der Waals surface area (Å²) in [7, 11) is 0. The number of fused-ring (bicyclic) bond motifs is 1. The van der Waals surface area contributed by atoms with E-state index in [0.717, 1.165) is 5.56 Å². The first-order chi connectivity index (χ1) is 15.3. The van der Waals surface area contributed by atoms with Gasteiger partial charge >= 0.3 is 5.97 Å². The molecule has 1 unspecified atom stereocenters. The number of hydrogen-bond donors (Lipinski definition) is 1. The van der Waals surface area contributed by atoms with E-state index < -0.39 is 23.8 Å². The van der Waals surface area contributed by atoms with Crippen molar-refractivity contribution >= 4 is 34.5 Å². The van der Waals surface area contributed by atoms with Crippen LogP contribution in [0.4, 0.5) is 4.39 Å². The van der Waals surface area contributed by atoms with E-state index >= 15 is 0 Å². The third-order valence-corrected chi connectivity index (χ3v) is 5.84. The van der Waals surface area contributed by atoms with Gasteiger partial charge in [0.15, 0.2) is 11.8 Å². The standard InChI is InChI=1S/C23H21ClFN3O4/c1-13(22(29)28-10-2-3-14(12-28)23(30)31)32-20-7-6-18-16(8-9-26-21(18)27-20)17-5-4-15(25)11-19(17)24/h4-9,11,13-14H,2-3,10,12H2,1H3,(H,30,31)/t13?,14-/m0/s1.